The van der Waals surface area contributed by atoms with Gasteiger partial charge in [0, 0.05) is 50.7 Å². The van der Waals surface area contributed by atoms with Crippen LogP contribution in [0.25, 0.3) is 0 Å². The highest BCUT2D eigenvalue weighted by Gasteiger charge is 2.43. The molecule has 0 amide bonds. The lowest BCUT2D eigenvalue weighted by Gasteiger charge is -2.29. The van der Waals surface area contributed by atoms with Crippen LogP contribution in [0.5, 0.6) is 5.75 Å². The number of ketones is 2. The lowest BCUT2D eigenvalue weighted by Crippen LogP contribution is -2.32. The largest absolute Gasteiger partial charge is 0.491 e. The van der Waals surface area contributed by atoms with Gasteiger partial charge in [-0.25, -0.2) is 0 Å². The molecule has 4 unspecified atom stereocenters. The van der Waals surface area contributed by atoms with Gasteiger partial charge in [-0.1, -0.05) is 30.4 Å². The van der Waals surface area contributed by atoms with E-state index in [1.807, 2.05) is 42.5 Å². The van der Waals surface area contributed by atoms with E-state index in [2.05, 4.69) is 0 Å². The highest BCUT2D eigenvalue weighted by Crippen LogP contribution is 2.37. The standard InChI is InChI=1S/C32H44O9/c33-23(9-8-12-30(35)36)15-17-26-27(29(21-28(26)34)41-32-14-5-7-20-38-32)18-16-25(40-31-13-4-6-19-37-31)22-39-24-10-2-1-3-11-24/h1-3,10-11,16,18,25-27,29,31-32H,4-9,12-15,17,19-22H2,(H,35,36)/b18-16+/t25?,26-,27-,29?,31?,32?/m1/s1. The molecule has 1 aliphatic carbocycles. The summed E-state index contributed by atoms with van der Waals surface area (Å²) >= 11 is 0. The van der Waals surface area contributed by atoms with Crippen LogP contribution >= 0.6 is 0 Å². The average Bonchev–Trinajstić information content (AvgIpc) is 3.27. The first-order valence-corrected chi connectivity index (χ1v) is 15.1. The van der Waals surface area contributed by atoms with Crippen molar-refractivity contribution in [1.82, 2.24) is 0 Å². The first-order chi connectivity index (χ1) is 20.0. The number of carboxylic acid groups (broad SMARTS) is 1. The normalized spacial score (nSPS) is 27.6. The number of aliphatic carboxylic acids is 1. The number of benzene rings is 1. The molecule has 1 N–H and O–H groups in total. The van der Waals surface area contributed by atoms with Gasteiger partial charge in [-0.3, -0.25) is 14.4 Å². The summed E-state index contributed by atoms with van der Waals surface area (Å²) in [6.07, 6.45) is 9.63. The number of carbonyl (C=O) groups is 3. The molecule has 1 aromatic carbocycles. The SMILES string of the molecule is O=C(O)CCCC(=O)CC[C@H]1C(=O)CC(OC2CCCCO2)[C@@H]1/C=C/C(COc1ccccc1)OC1CCCCO1. The Morgan fingerprint density at radius 1 is 0.976 bits per heavy atom. The fourth-order valence-corrected chi connectivity index (χ4v) is 5.70. The summed E-state index contributed by atoms with van der Waals surface area (Å²) in [6.45, 7) is 1.59. The highest BCUT2D eigenvalue weighted by atomic mass is 16.7. The highest BCUT2D eigenvalue weighted by molar-refractivity contribution is 5.86. The Morgan fingerprint density at radius 2 is 1.71 bits per heavy atom. The molecule has 9 nitrogen and oxygen atoms in total. The Morgan fingerprint density at radius 3 is 2.39 bits per heavy atom. The van der Waals surface area contributed by atoms with Crippen molar-refractivity contribution in [3.05, 3.63) is 42.5 Å². The van der Waals surface area contributed by atoms with Crippen molar-refractivity contribution >= 4 is 17.5 Å². The monoisotopic (exact) mass is 572 g/mol. The summed E-state index contributed by atoms with van der Waals surface area (Å²) in [5, 5.41) is 8.86. The Kier molecular flexibility index (Phi) is 12.8. The molecule has 226 valence electrons. The lowest BCUT2D eigenvalue weighted by molar-refractivity contribution is -0.192. The van der Waals surface area contributed by atoms with Crippen molar-refractivity contribution < 1.29 is 43.2 Å². The third kappa shape index (κ3) is 10.6. The lowest BCUT2D eigenvalue weighted by atomic mass is 9.88. The molecule has 9 heteroatoms. The Hall–Kier alpha value is -2.59. The van der Waals surface area contributed by atoms with Gasteiger partial charge >= 0.3 is 5.97 Å². The van der Waals surface area contributed by atoms with Crippen molar-refractivity contribution in [1.29, 1.82) is 0 Å². The molecule has 2 aliphatic heterocycles. The van der Waals surface area contributed by atoms with Crippen molar-refractivity contribution in [3.8, 4) is 5.75 Å². The second kappa shape index (κ2) is 16.8. The molecular weight excluding hydrogens is 528 g/mol. The van der Waals surface area contributed by atoms with Crippen LogP contribution in [0.15, 0.2) is 42.5 Å². The van der Waals surface area contributed by atoms with Gasteiger partial charge < -0.3 is 28.8 Å². The molecular formula is C32H44O9. The van der Waals surface area contributed by atoms with Crippen LogP contribution in [0.4, 0.5) is 0 Å². The number of hydrogen-bond donors (Lipinski definition) is 1. The molecule has 41 heavy (non-hydrogen) atoms. The number of ether oxygens (including phenoxy) is 5. The van der Waals surface area contributed by atoms with Crippen LogP contribution in [-0.4, -0.2) is 67.3 Å². The Bertz CT molecular complexity index is 982. The first kappa shape index (κ1) is 31.3. The molecule has 2 heterocycles. The van der Waals surface area contributed by atoms with Crippen LogP contribution < -0.4 is 4.74 Å². The summed E-state index contributed by atoms with van der Waals surface area (Å²) in [5.41, 5.74) is 0. The van der Waals surface area contributed by atoms with Gasteiger partial charge in [-0.2, -0.15) is 0 Å². The number of carbonyl (C=O) groups excluding carboxylic acids is 2. The smallest absolute Gasteiger partial charge is 0.303 e. The maximum atomic E-state index is 13.2. The predicted octanol–water partition coefficient (Wildman–Crippen LogP) is 5.25. The zero-order chi connectivity index (χ0) is 28.9. The van der Waals surface area contributed by atoms with E-state index in [9.17, 15) is 14.4 Å². The molecule has 0 spiro atoms. The first-order valence-electron chi connectivity index (χ1n) is 15.1. The van der Waals surface area contributed by atoms with Crippen LogP contribution in [0.2, 0.25) is 0 Å². The van der Waals surface area contributed by atoms with E-state index in [-0.39, 0.29) is 74.4 Å². The van der Waals surface area contributed by atoms with E-state index in [1.54, 1.807) is 0 Å². The minimum Gasteiger partial charge on any atom is -0.491 e. The molecule has 3 fully saturated rings. The van der Waals surface area contributed by atoms with E-state index in [4.69, 9.17) is 28.8 Å². The number of carboxylic acids is 1. The van der Waals surface area contributed by atoms with Crippen LogP contribution in [0.3, 0.4) is 0 Å². The third-order valence-electron chi connectivity index (χ3n) is 7.92. The molecule has 6 atom stereocenters. The summed E-state index contributed by atoms with van der Waals surface area (Å²) in [4.78, 5) is 36.5. The zero-order valence-corrected chi connectivity index (χ0v) is 23.8. The van der Waals surface area contributed by atoms with Gasteiger partial charge in [0.1, 0.15) is 30.0 Å². The van der Waals surface area contributed by atoms with Crippen LogP contribution in [-0.2, 0) is 33.3 Å². The summed E-state index contributed by atoms with van der Waals surface area (Å²) in [6, 6.07) is 9.55. The molecule has 1 aromatic rings. The summed E-state index contributed by atoms with van der Waals surface area (Å²) in [5.74, 6) is -0.725. The number of hydrogen-bond acceptors (Lipinski definition) is 8. The molecule has 1 saturated carbocycles. The van der Waals surface area contributed by atoms with Gasteiger partial charge in [0.05, 0.1) is 6.10 Å². The van der Waals surface area contributed by atoms with Crippen LogP contribution in [0, 0.1) is 11.8 Å². The van der Waals surface area contributed by atoms with E-state index >= 15 is 0 Å². The maximum absolute atomic E-state index is 13.2. The van der Waals surface area contributed by atoms with Gasteiger partial charge in [0.2, 0.25) is 0 Å². The van der Waals surface area contributed by atoms with Crippen molar-refractivity contribution in [2.24, 2.45) is 11.8 Å². The zero-order valence-electron chi connectivity index (χ0n) is 23.8. The van der Waals surface area contributed by atoms with Gasteiger partial charge in [-0.05, 0) is 63.5 Å². The fourth-order valence-electron chi connectivity index (χ4n) is 5.70. The quantitative estimate of drug-likeness (QED) is 0.265. The topological polar surface area (TPSA) is 118 Å². The van der Waals surface area contributed by atoms with Crippen molar-refractivity contribution in [2.75, 3.05) is 19.8 Å². The molecule has 0 aromatic heterocycles. The molecule has 0 radical (unpaired) electrons. The number of para-hydroxylation sites is 1. The van der Waals surface area contributed by atoms with Gasteiger partial charge in [0.25, 0.3) is 0 Å². The third-order valence-corrected chi connectivity index (χ3v) is 7.92. The fraction of sp³-hybridized carbons (Fsp3) is 0.656. The predicted molar refractivity (Wildman–Crippen MR) is 150 cm³/mol. The minimum atomic E-state index is -0.912. The second-order valence-electron chi connectivity index (χ2n) is 11.1. The van der Waals surface area contributed by atoms with E-state index < -0.39 is 12.1 Å². The second-order valence-corrected chi connectivity index (χ2v) is 11.1. The van der Waals surface area contributed by atoms with Gasteiger partial charge in [-0.15, -0.1) is 0 Å². The van der Waals surface area contributed by atoms with E-state index in [0.717, 1.165) is 44.3 Å². The van der Waals surface area contributed by atoms with Crippen molar-refractivity contribution in [2.45, 2.75) is 102 Å². The number of rotatable bonds is 16. The average molecular weight is 573 g/mol. The van der Waals surface area contributed by atoms with Crippen molar-refractivity contribution in [3.63, 3.8) is 0 Å². The molecule has 3 aliphatic rings. The van der Waals surface area contributed by atoms with Crippen LogP contribution in [0.1, 0.15) is 77.0 Å². The Labute approximate surface area is 242 Å². The summed E-state index contributed by atoms with van der Waals surface area (Å²) in [7, 11) is 0. The van der Waals surface area contributed by atoms with E-state index in [0.29, 0.717) is 26.1 Å². The summed E-state index contributed by atoms with van der Waals surface area (Å²) < 4.78 is 30.3. The minimum absolute atomic E-state index is 0.0197. The maximum Gasteiger partial charge on any atom is 0.303 e. The molecule has 0 bridgehead atoms. The Balaban J connectivity index is 1.45. The molecule has 2 saturated heterocycles. The molecule has 4 rings (SSSR count). The van der Waals surface area contributed by atoms with E-state index in [1.165, 1.54) is 0 Å². The number of Topliss-reactive ketones (excluding diaryl/α,β-unsaturated/α-hetero) is 2. The van der Waals surface area contributed by atoms with Gasteiger partial charge in [0.15, 0.2) is 12.6 Å².